The number of hydrogen-bond donors (Lipinski definition) is 1. The van der Waals surface area contributed by atoms with Crippen molar-refractivity contribution >= 4 is 0 Å². The molecule has 0 radical (unpaired) electrons. The molecule has 1 spiro atoms. The summed E-state index contributed by atoms with van der Waals surface area (Å²) in [5.74, 6) is 0. The van der Waals surface area contributed by atoms with Crippen LogP contribution in [-0.2, 0) is 0 Å². The Morgan fingerprint density at radius 2 is 2.00 bits per heavy atom. The van der Waals surface area contributed by atoms with Crippen molar-refractivity contribution in [1.82, 2.24) is 5.32 Å². The first kappa shape index (κ1) is 5.72. The van der Waals surface area contributed by atoms with Crippen LogP contribution in [0.1, 0.15) is 32.1 Å². The first-order valence-electron chi connectivity index (χ1n) is 4.05. The lowest BCUT2D eigenvalue weighted by Gasteiger charge is -2.05. The number of rotatable bonds is 1. The van der Waals surface area contributed by atoms with Crippen molar-refractivity contribution in [2.75, 3.05) is 7.05 Å². The molecule has 2 rings (SSSR count). The molecular formula is C8H15N. The van der Waals surface area contributed by atoms with Crippen LogP contribution < -0.4 is 5.32 Å². The molecule has 1 heteroatoms. The standard InChI is InChI=1S/C8H15N/c1-9-7-6-8(7)4-2-3-5-8/h7,9H,2-6H2,1H3. The average Bonchev–Trinajstić information content (AvgIpc) is 2.30. The zero-order valence-electron chi connectivity index (χ0n) is 6.11. The molecule has 2 saturated carbocycles. The van der Waals surface area contributed by atoms with E-state index >= 15 is 0 Å². The summed E-state index contributed by atoms with van der Waals surface area (Å²) in [5.41, 5.74) is 0.800. The predicted octanol–water partition coefficient (Wildman–Crippen LogP) is 1.54. The number of nitrogens with one attached hydrogen (secondary N) is 1. The van der Waals surface area contributed by atoms with Crippen LogP contribution in [0.15, 0.2) is 0 Å². The van der Waals surface area contributed by atoms with Gasteiger partial charge in [0.25, 0.3) is 0 Å². The molecule has 0 aromatic carbocycles. The summed E-state index contributed by atoms with van der Waals surface area (Å²) in [6.45, 7) is 0. The van der Waals surface area contributed by atoms with E-state index in [9.17, 15) is 0 Å². The Balaban J connectivity index is 1.97. The predicted molar refractivity (Wildman–Crippen MR) is 38.4 cm³/mol. The van der Waals surface area contributed by atoms with Crippen molar-refractivity contribution in [3.63, 3.8) is 0 Å². The van der Waals surface area contributed by atoms with E-state index in [1.165, 1.54) is 32.1 Å². The smallest absolute Gasteiger partial charge is 0.0127 e. The van der Waals surface area contributed by atoms with E-state index in [2.05, 4.69) is 12.4 Å². The quantitative estimate of drug-likeness (QED) is 0.560. The van der Waals surface area contributed by atoms with Gasteiger partial charge in [-0.2, -0.15) is 0 Å². The van der Waals surface area contributed by atoms with Gasteiger partial charge in [0.1, 0.15) is 0 Å². The molecule has 1 nitrogen and oxygen atoms in total. The summed E-state index contributed by atoms with van der Waals surface area (Å²) in [4.78, 5) is 0. The molecule has 1 atom stereocenters. The third-order valence-corrected chi connectivity index (χ3v) is 3.14. The number of hydrogen-bond acceptors (Lipinski definition) is 1. The summed E-state index contributed by atoms with van der Waals surface area (Å²) < 4.78 is 0. The molecule has 0 heterocycles. The van der Waals surface area contributed by atoms with Crippen LogP contribution in [0.25, 0.3) is 0 Å². The van der Waals surface area contributed by atoms with E-state index in [4.69, 9.17) is 0 Å². The van der Waals surface area contributed by atoms with Gasteiger partial charge in [-0.15, -0.1) is 0 Å². The normalized spacial score (nSPS) is 37.7. The molecule has 0 bridgehead atoms. The molecule has 2 fully saturated rings. The second kappa shape index (κ2) is 1.72. The van der Waals surface area contributed by atoms with E-state index < -0.39 is 0 Å². The Morgan fingerprint density at radius 3 is 2.44 bits per heavy atom. The maximum absolute atomic E-state index is 3.37. The third-order valence-electron chi connectivity index (χ3n) is 3.14. The highest BCUT2D eigenvalue weighted by Gasteiger charge is 2.53. The Labute approximate surface area is 56.8 Å². The molecular weight excluding hydrogens is 110 g/mol. The minimum Gasteiger partial charge on any atom is -0.316 e. The lowest BCUT2D eigenvalue weighted by Crippen LogP contribution is -2.15. The molecule has 9 heavy (non-hydrogen) atoms. The maximum atomic E-state index is 3.37. The first-order chi connectivity index (χ1) is 4.37. The van der Waals surface area contributed by atoms with E-state index in [1.807, 2.05) is 0 Å². The summed E-state index contributed by atoms with van der Waals surface area (Å²) >= 11 is 0. The Kier molecular flexibility index (Phi) is 1.10. The van der Waals surface area contributed by atoms with Crippen molar-refractivity contribution < 1.29 is 0 Å². The van der Waals surface area contributed by atoms with Gasteiger partial charge in [-0.1, -0.05) is 12.8 Å². The molecule has 2 aliphatic rings. The van der Waals surface area contributed by atoms with Gasteiger partial charge in [0.05, 0.1) is 0 Å². The van der Waals surface area contributed by atoms with Crippen LogP contribution in [0.3, 0.4) is 0 Å². The Bertz CT molecular complexity index is 114. The molecule has 0 aromatic rings. The highest BCUT2D eigenvalue weighted by atomic mass is 15.0. The maximum Gasteiger partial charge on any atom is 0.0127 e. The van der Waals surface area contributed by atoms with E-state index in [-0.39, 0.29) is 0 Å². The van der Waals surface area contributed by atoms with Crippen LogP contribution >= 0.6 is 0 Å². The van der Waals surface area contributed by atoms with Crippen molar-refractivity contribution in [3.8, 4) is 0 Å². The molecule has 52 valence electrons. The average molecular weight is 125 g/mol. The molecule has 1 unspecified atom stereocenters. The zero-order chi connectivity index (χ0) is 6.32. The topological polar surface area (TPSA) is 12.0 Å². The highest BCUT2D eigenvalue weighted by molar-refractivity contribution is 5.09. The van der Waals surface area contributed by atoms with Gasteiger partial charge in [0.2, 0.25) is 0 Å². The van der Waals surface area contributed by atoms with Crippen molar-refractivity contribution in [2.45, 2.75) is 38.1 Å². The summed E-state index contributed by atoms with van der Waals surface area (Å²) in [6, 6.07) is 0.889. The van der Waals surface area contributed by atoms with Crippen LogP contribution in [0.4, 0.5) is 0 Å². The molecule has 2 aliphatic carbocycles. The summed E-state index contributed by atoms with van der Waals surface area (Å²) in [7, 11) is 2.09. The van der Waals surface area contributed by atoms with Gasteiger partial charge in [-0.05, 0) is 31.7 Å². The van der Waals surface area contributed by atoms with Gasteiger partial charge in [0, 0.05) is 6.04 Å². The SMILES string of the molecule is CNC1CC12CCCC2. The lowest BCUT2D eigenvalue weighted by molar-refractivity contribution is 0.485. The van der Waals surface area contributed by atoms with Crippen molar-refractivity contribution in [1.29, 1.82) is 0 Å². The zero-order valence-corrected chi connectivity index (χ0v) is 6.11. The molecule has 1 N–H and O–H groups in total. The van der Waals surface area contributed by atoms with Gasteiger partial charge >= 0.3 is 0 Å². The minimum atomic E-state index is 0.800. The Hall–Kier alpha value is -0.0400. The first-order valence-corrected chi connectivity index (χ1v) is 4.05. The lowest BCUT2D eigenvalue weighted by atomic mass is 10.1. The second-order valence-corrected chi connectivity index (χ2v) is 3.61. The third kappa shape index (κ3) is 0.710. The molecule has 0 aromatic heterocycles. The van der Waals surface area contributed by atoms with E-state index in [1.54, 1.807) is 0 Å². The molecule has 0 saturated heterocycles. The van der Waals surface area contributed by atoms with Crippen LogP contribution in [0, 0.1) is 5.41 Å². The van der Waals surface area contributed by atoms with Crippen LogP contribution in [0.5, 0.6) is 0 Å². The monoisotopic (exact) mass is 125 g/mol. The fourth-order valence-corrected chi connectivity index (χ4v) is 2.39. The highest BCUT2D eigenvalue weighted by Crippen LogP contribution is 2.57. The van der Waals surface area contributed by atoms with Crippen LogP contribution in [0.2, 0.25) is 0 Å². The van der Waals surface area contributed by atoms with Crippen molar-refractivity contribution in [2.24, 2.45) is 5.41 Å². The van der Waals surface area contributed by atoms with E-state index in [0.29, 0.717) is 0 Å². The van der Waals surface area contributed by atoms with Gasteiger partial charge in [0.15, 0.2) is 0 Å². The minimum absolute atomic E-state index is 0.800. The fraction of sp³-hybridized carbons (Fsp3) is 1.00. The molecule has 0 amide bonds. The van der Waals surface area contributed by atoms with Gasteiger partial charge in [-0.3, -0.25) is 0 Å². The largest absolute Gasteiger partial charge is 0.316 e. The Morgan fingerprint density at radius 1 is 1.33 bits per heavy atom. The summed E-state index contributed by atoms with van der Waals surface area (Å²) in [6.07, 6.45) is 7.43. The van der Waals surface area contributed by atoms with Gasteiger partial charge < -0.3 is 5.32 Å². The van der Waals surface area contributed by atoms with Gasteiger partial charge in [-0.25, -0.2) is 0 Å². The molecule has 0 aliphatic heterocycles. The van der Waals surface area contributed by atoms with Crippen LogP contribution in [-0.4, -0.2) is 13.1 Å². The summed E-state index contributed by atoms with van der Waals surface area (Å²) in [5, 5.41) is 3.37. The second-order valence-electron chi connectivity index (χ2n) is 3.61. The fourth-order valence-electron chi connectivity index (χ4n) is 2.39. The van der Waals surface area contributed by atoms with E-state index in [0.717, 1.165) is 11.5 Å². The van der Waals surface area contributed by atoms with Crippen molar-refractivity contribution in [3.05, 3.63) is 0 Å².